The number of carbonyl (C=O) groups is 1. The van der Waals surface area contributed by atoms with Gasteiger partial charge in [-0.2, -0.15) is 4.31 Å². The molecule has 1 aliphatic rings. The molecule has 1 aromatic carbocycles. The van der Waals surface area contributed by atoms with E-state index in [1.807, 2.05) is 37.2 Å². The molecule has 2 rings (SSSR count). The van der Waals surface area contributed by atoms with Crippen LogP contribution in [0.15, 0.2) is 30.3 Å². The van der Waals surface area contributed by atoms with Gasteiger partial charge in [-0.1, -0.05) is 30.3 Å². The summed E-state index contributed by atoms with van der Waals surface area (Å²) in [4.78, 5) is 14.3. The standard InChI is InChI=1S/C18H29N3O3S/c1-20(2)12-16-13-21(25(3,23)24)14-17(16)19-18(22)11-7-10-15-8-5-4-6-9-15/h4-6,8-9,16-17H,7,10-14H2,1-3H3,(H,19,22)/t16-,17-/m1/s1. The van der Waals surface area contributed by atoms with Gasteiger partial charge in [-0.05, 0) is 32.5 Å². The predicted molar refractivity (Wildman–Crippen MR) is 99.8 cm³/mol. The third-order valence-corrected chi connectivity index (χ3v) is 5.77. The molecule has 1 amide bonds. The topological polar surface area (TPSA) is 69.7 Å². The Kier molecular flexibility index (Phi) is 6.98. The van der Waals surface area contributed by atoms with Crippen LogP contribution in [0.25, 0.3) is 0 Å². The lowest BCUT2D eigenvalue weighted by molar-refractivity contribution is -0.122. The average molecular weight is 368 g/mol. The quantitative estimate of drug-likeness (QED) is 0.743. The van der Waals surface area contributed by atoms with E-state index in [0.29, 0.717) is 19.5 Å². The van der Waals surface area contributed by atoms with Crippen molar-refractivity contribution >= 4 is 15.9 Å². The van der Waals surface area contributed by atoms with Crippen LogP contribution in [0.2, 0.25) is 0 Å². The van der Waals surface area contributed by atoms with Crippen LogP contribution in [0.5, 0.6) is 0 Å². The number of sulfonamides is 1. The van der Waals surface area contributed by atoms with Gasteiger partial charge in [-0.25, -0.2) is 8.42 Å². The molecule has 1 aliphatic heterocycles. The van der Waals surface area contributed by atoms with E-state index in [-0.39, 0.29) is 17.9 Å². The number of benzene rings is 1. The summed E-state index contributed by atoms with van der Waals surface area (Å²) >= 11 is 0. The second kappa shape index (κ2) is 8.78. The first-order chi connectivity index (χ1) is 11.8. The molecule has 1 saturated heterocycles. The molecule has 1 N–H and O–H groups in total. The highest BCUT2D eigenvalue weighted by Gasteiger charge is 2.37. The minimum atomic E-state index is -3.23. The van der Waals surface area contributed by atoms with E-state index in [4.69, 9.17) is 0 Å². The first-order valence-electron chi connectivity index (χ1n) is 8.69. The molecule has 140 valence electrons. The molecule has 0 radical (unpaired) electrons. The Morgan fingerprint density at radius 2 is 1.92 bits per heavy atom. The zero-order valence-electron chi connectivity index (χ0n) is 15.3. The number of hydrogen-bond acceptors (Lipinski definition) is 4. The Morgan fingerprint density at radius 1 is 1.24 bits per heavy atom. The Labute approximate surface area is 151 Å². The van der Waals surface area contributed by atoms with Gasteiger partial charge in [0.15, 0.2) is 0 Å². The van der Waals surface area contributed by atoms with Crippen LogP contribution < -0.4 is 5.32 Å². The zero-order chi connectivity index (χ0) is 18.4. The van der Waals surface area contributed by atoms with Gasteiger partial charge in [0.1, 0.15) is 0 Å². The van der Waals surface area contributed by atoms with Crippen molar-refractivity contribution < 1.29 is 13.2 Å². The molecular weight excluding hydrogens is 338 g/mol. The summed E-state index contributed by atoms with van der Waals surface area (Å²) in [5.41, 5.74) is 1.23. The second-order valence-electron chi connectivity index (χ2n) is 7.12. The van der Waals surface area contributed by atoms with Crippen molar-refractivity contribution in [1.29, 1.82) is 0 Å². The summed E-state index contributed by atoms with van der Waals surface area (Å²) in [6.45, 7) is 1.58. The summed E-state index contributed by atoms with van der Waals surface area (Å²) in [5.74, 6) is 0.114. The molecule has 1 heterocycles. The minimum Gasteiger partial charge on any atom is -0.352 e. The Balaban J connectivity index is 1.86. The Morgan fingerprint density at radius 3 is 2.52 bits per heavy atom. The van der Waals surface area contributed by atoms with Crippen LogP contribution >= 0.6 is 0 Å². The second-order valence-corrected chi connectivity index (χ2v) is 9.10. The van der Waals surface area contributed by atoms with Crippen molar-refractivity contribution in [2.75, 3.05) is 40.0 Å². The molecule has 0 aliphatic carbocycles. The Bertz CT molecular complexity index is 661. The van der Waals surface area contributed by atoms with E-state index in [9.17, 15) is 13.2 Å². The maximum absolute atomic E-state index is 12.3. The molecule has 1 fully saturated rings. The maximum Gasteiger partial charge on any atom is 0.220 e. The van der Waals surface area contributed by atoms with Crippen LogP contribution in [0.4, 0.5) is 0 Å². The molecule has 1 aromatic rings. The molecule has 25 heavy (non-hydrogen) atoms. The number of nitrogens with zero attached hydrogens (tertiary/aromatic N) is 2. The lowest BCUT2D eigenvalue weighted by Crippen LogP contribution is -2.43. The van der Waals surface area contributed by atoms with E-state index in [1.54, 1.807) is 0 Å². The number of hydrogen-bond donors (Lipinski definition) is 1. The van der Waals surface area contributed by atoms with Crippen LogP contribution in [-0.2, 0) is 21.2 Å². The molecule has 0 spiro atoms. The summed E-state index contributed by atoms with van der Waals surface area (Å²) in [5, 5.41) is 3.05. The van der Waals surface area contributed by atoms with Gasteiger partial charge in [0.25, 0.3) is 0 Å². The smallest absolute Gasteiger partial charge is 0.220 e. The van der Waals surface area contributed by atoms with E-state index in [0.717, 1.165) is 19.4 Å². The molecule has 0 bridgehead atoms. The monoisotopic (exact) mass is 367 g/mol. The highest BCUT2D eigenvalue weighted by atomic mass is 32.2. The van der Waals surface area contributed by atoms with Crippen molar-refractivity contribution in [2.24, 2.45) is 5.92 Å². The molecule has 0 aromatic heterocycles. The molecule has 0 unspecified atom stereocenters. The van der Waals surface area contributed by atoms with Gasteiger partial charge >= 0.3 is 0 Å². The van der Waals surface area contributed by atoms with Crippen LogP contribution in [0.3, 0.4) is 0 Å². The van der Waals surface area contributed by atoms with Crippen molar-refractivity contribution in [3.05, 3.63) is 35.9 Å². The van der Waals surface area contributed by atoms with Crippen molar-refractivity contribution in [3.8, 4) is 0 Å². The number of nitrogens with one attached hydrogen (secondary N) is 1. The fourth-order valence-corrected chi connectivity index (χ4v) is 4.19. The van der Waals surface area contributed by atoms with Crippen molar-refractivity contribution in [3.63, 3.8) is 0 Å². The van der Waals surface area contributed by atoms with Crippen molar-refractivity contribution in [2.45, 2.75) is 25.3 Å². The number of amides is 1. The fraction of sp³-hybridized carbons (Fsp3) is 0.611. The van der Waals surface area contributed by atoms with Gasteiger partial charge in [0.2, 0.25) is 15.9 Å². The lowest BCUT2D eigenvalue weighted by Gasteiger charge is -2.22. The summed E-state index contributed by atoms with van der Waals surface area (Å²) in [6.07, 6.45) is 3.34. The summed E-state index contributed by atoms with van der Waals surface area (Å²) < 4.78 is 25.1. The van der Waals surface area contributed by atoms with E-state index in [1.165, 1.54) is 16.1 Å². The largest absolute Gasteiger partial charge is 0.352 e. The van der Waals surface area contributed by atoms with Gasteiger partial charge in [-0.3, -0.25) is 4.79 Å². The third kappa shape index (κ3) is 6.41. The highest BCUT2D eigenvalue weighted by Crippen LogP contribution is 2.20. The summed E-state index contributed by atoms with van der Waals surface area (Å²) in [6, 6.07) is 9.98. The van der Waals surface area contributed by atoms with E-state index < -0.39 is 10.0 Å². The molecule has 2 atom stereocenters. The maximum atomic E-state index is 12.3. The predicted octanol–water partition coefficient (Wildman–Crippen LogP) is 0.947. The normalized spacial score (nSPS) is 21.6. The SMILES string of the molecule is CN(C)C[C@@H]1CN(S(C)(=O)=O)C[C@H]1NC(=O)CCCc1ccccc1. The minimum absolute atomic E-state index is 0.0000354. The van der Waals surface area contributed by atoms with E-state index >= 15 is 0 Å². The number of aryl methyl sites for hydroxylation is 1. The molecule has 0 saturated carbocycles. The van der Waals surface area contributed by atoms with E-state index in [2.05, 4.69) is 17.4 Å². The van der Waals surface area contributed by atoms with Crippen LogP contribution in [0, 0.1) is 5.92 Å². The zero-order valence-corrected chi connectivity index (χ0v) is 16.1. The van der Waals surface area contributed by atoms with Gasteiger partial charge in [-0.15, -0.1) is 0 Å². The van der Waals surface area contributed by atoms with Gasteiger partial charge in [0.05, 0.1) is 6.26 Å². The lowest BCUT2D eigenvalue weighted by atomic mass is 10.0. The highest BCUT2D eigenvalue weighted by molar-refractivity contribution is 7.88. The Hall–Kier alpha value is -1.44. The van der Waals surface area contributed by atoms with Crippen LogP contribution in [0.1, 0.15) is 18.4 Å². The van der Waals surface area contributed by atoms with Crippen LogP contribution in [-0.4, -0.2) is 69.6 Å². The number of rotatable bonds is 8. The first-order valence-corrected chi connectivity index (χ1v) is 10.5. The summed E-state index contributed by atoms with van der Waals surface area (Å²) in [7, 11) is 0.691. The third-order valence-electron chi connectivity index (χ3n) is 4.53. The van der Waals surface area contributed by atoms with Crippen molar-refractivity contribution in [1.82, 2.24) is 14.5 Å². The molecular formula is C18H29N3O3S. The first kappa shape index (κ1) is 19.9. The van der Waals surface area contributed by atoms with Gasteiger partial charge in [0, 0.05) is 38.0 Å². The molecule has 7 heteroatoms. The fourth-order valence-electron chi connectivity index (χ4n) is 3.30. The van der Waals surface area contributed by atoms with Gasteiger partial charge < -0.3 is 10.2 Å². The number of carbonyl (C=O) groups excluding carboxylic acids is 1. The average Bonchev–Trinajstić information content (AvgIpc) is 2.90. The molecule has 6 nitrogen and oxygen atoms in total.